The van der Waals surface area contributed by atoms with Gasteiger partial charge in [0.05, 0.1) is 24.0 Å². The Labute approximate surface area is 114 Å². The van der Waals surface area contributed by atoms with Crippen molar-refractivity contribution in [2.75, 3.05) is 43.8 Å². The second-order valence-electron chi connectivity index (χ2n) is 4.68. The molecule has 1 aromatic carbocycles. The smallest absolute Gasteiger partial charge is 0.101 e. The Morgan fingerprint density at radius 2 is 2.42 bits per heavy atom. The van der Waals surface area contributed by atoms with E-state index in [0.717, 1.165) is 38.5 Å². The molecule has 0 bridgehead atoms. The molecule has 1 saturated heterocycles. The van der Waals surface area contributed by atoms with Crippen molar-refractivity contribution >= 4 is 11.4 Å². The molecule has 1 atom stereocenters. The number of rotatable bonds is 4. The monoisotopic (exact) mass is 260 g/mol. The second kappa shape index (κ2) is 6.41. The third kappa shape index (κ3) is 3.60. The maximum Gasteiger partial charge on any atom is 0.101 e. The van der Waals surface area contributed by atoms with Gasteiger partial charge in [-0.25, -0.2) is 0 Å². The molecular formula is C14H20N4O. The second-order valence-corrected chi connectivity index (χ2v) is 4.68. The third-order valence-corrected chi connectivity index (χ3v) is 3.38. The lowest BCUT2D eigenvalue weighted by Crippen LogP contribution is -2.45. The maximum absolute atomic E-state index is 8.82. The first kappa shape index (κ1) is 13.7. The lowest BCUT2D eigenvalue weighted by Gasteiger charge is -2.32. The highest BCUT2D eigenvalue weighted by molar-refractivity contribution is 5.62. The molecule has 1 aliphatic heterocycles. The zero-order chi connectivity index (χ0) is 13.7. The Morgan fingerprint density at radius 1 is 1.58 bits per heavy atom. The van der Waals surface area contributed by atoms with Gasteiger partial charge in [0.15, 0.2) is 0 Å². The number of anilines is 2. The molecular weight excluding hydrogens is 240 g/mol. The average Bonchev–Trinajstić information content (AvgIpc) is 2.45. The molecule has 5 heteroatoms. The highest BCUT2D eigenvalue weighted by atomic mass is 16.5. The zero-order valence-corrected chi connectivity index (χ0v) is 11.2. The number of ether oxygens (including phenoxy) is 1. The van der Waals surface area contributed by atoms with Gasteiger partial charge in [0.1, 0.15) is 6.07 Å². The van der Waals surface area contributed by atoms with Crippen LogP contribution in [0.25, 0.3) is 0 Å². The fourth-order valence-corrected chi connectivity index (χ4v) is 2.20. The summed E-state index contributed by atoms with van der Waals surface area (Å²) >= 11 is 0. The van der Waals surface area contributed by atoms with Crippen LogP contribution in [-0.4, -0.2) is 43.8 Å². The van der Waals surface area contributed by atoms with Gasteiger partial charge in [-0.15, -0.1) is 0 Å². The van der Waals surface area contributed by atoms with Gasteiger partial charge in [0.2, 0.25) is 0 Å². The summed E-state index contributed by atoms with van der Waals surface area (Å²) in [6.07, 6.45) is 0.200. The molecule has 0 amide bonds. The van der Waals surface area contributed by atoms with Crippen LogP contribution in [0.15, 0.2) is 18.2 Å². The predicted molar refractivity (Wildman–Crippen MR) is 75.9 cm³/mol. The third-order valence-electron chi connectivity index (χ3n) is 3.38. The van der Waals surface area contributed by atoms with Gasteiger partial charge in [-0.05, 0) is 24.7 Å². The Morgan fingerprint density at radius 3 is 3.11 bits per heavy atom. The van der Waals surface area contributed by atoms with Crippen molar-refractivity contribution < 1.29 is 4.74 Å². The van der Waals surface area contributed by atoms with Gasteiger partial charge < -0.3 is 15.8 Å². The number of nitrogens with zero attached hydrogens (tertiary/aromatic N) is 2. The number of benzene rings is 1. The van der Waals surface area contributed by atoms with Crippen LogP contribution in [-0.2, 0) is 4.74 Å². The van der Waals surface area contributed by atoms with Gasteiger partial charge in [-0.3, -0.25) is 4.90 Å². The lowest BCUT2D eigenvalue weighted by atomic mass is 10.1. The quantitative estimate of drug-likeness (QED) is 0.798. The number of nitrogens with one attached hydrogen (secondary N) is 1. The lowest BCUT2D eigenvalue weighted by molar-refractivity contribution is -0.0191. The fourth-order valence-electron chi connectivity index (χ4n) is 2.20. The molecule has 0 spiro atoms. The average molecular weight is 260 g/mol. The van der Waals surface area contributed by atoms with Crippen LogP contribution >= 0.6 is 0 Å². The number of nitrogen functional groups attached to an aromatic ring is 1. The Kier molecular flexibility index (Phi) is 4.61. The van der Waals surface area contributed by atoms with E-state index in [1.54, 1.807) is 12.1 Å². The van der Waals surface area contributed by atoms with Gasteiger partial charge in [0, 0.05) is 25.3 Å². The first-order valence-corrected chi connectivity index (χ1v) is 6.60. The van der Waals surface area contributed by atoms with E-state index in [-0.39, 0.29) is 6.10 Å². The molecule has 1 fully saturated rings. The van der Waals surface area contributed by atoms with Gasteiger partial charge in [-0.2, -0.15) is 5.26 Å². The summed E-state index contributed by atoms with van der Waals surface area (Å²) in [7, 11) is 0. The first-order chi connectivity index (χ1) is 9.22. The van der Waals surface area contributed by atoms with Crippen molar-refractivity contribution in [1.29, 1.82) is 5.26 Å². The molecule has 19 heavy (non-hydrogen) atoms. The van der Waals surface area contributed by atoms with E-state index in [1.807, 2.05) is 6.07 Å². The molecule has 1 aliphatic rings. The summed E-state index contributed by atoms with van der Waals surface area (Å²) in [4.78, 5) is 2.38. The molecule has 5 nitrogen and oxygen atoms in total. The molecule has 102 valence electrons. The van der Waals surface area contributed by atoms with Crippen LogP contribution in [0.4, 0.5) is 11.4 Å². The largest absolute Gasteiger partial charge is 0.398 e. The number of morpholine rings is 1. The molecule has 0 saturated carbocycles. The first-order valence-electron chi connectivity index (χ1n) is 6.60. The van der Waals surface area contributed by atoms with Crippen molar-refractivity contribution in [3.05, 3.63) is 23.8 Å². The van der Waals surface area contributed by atoms with E-state index in [2.05, 4.69) is 23.2 Å². The van der Waals surface area contributed by atoms with E-state index in [9.17, 15) is 0 Å². The Hall–Kier alpha value is -1.77. The number of hydrogen-bond donors (Lipinski definition) is 2. The SMILES string of the molecule is CCN1CCOC(CNc2ccc(C#N)c(N)c2)C1. The van der Waals surface area contributed by atoms with Crippen LogP contribution in [0.1, 0.15) is 12.5 Å². The number of nitrogens with two attached hydrogens (primary N) is 1. The number of likely N-dealkylation sites (N-methyl/N-ethyl adjacent to an activating group) is 1. The molecule has 0 aliphatic carbocycles. The molecule has 0 radical (unpaired) electrons. The zero-order valence-electron chi connectivity index (χ0n) is 11.2. The van der Waals surface area contributed by atoms with Gasteiger partial charge >= 0.3 is 0 Å². The van der Waals surface area contributed by atoms with Crippen LogP contribution in [0.2, 0.25) is 0 Å². The van der Waals surface area contributed by atoms with Gasteiger partial charge in [-0.1, -0.05) is 6.92 Å². The maximum atomic E-state index is 8.82. The van der Waals surface area contributed by atoms with Crippen molar-refractivity contribution in [1.82, 2.24) is 4.90 Å². The summed E-state index contributed by atoms with van der Waals surface area (Å²) < 4.78 is 5.72. The Balaban J connectivity index is 1.88. The Bertz CT molecular complexity index is 469. The minimum absolute atomic E-state index is 0.200. The van der Waals surface area contributed by atoms with Crippen LogP contribution < -0.4 is 11.1 Å². The van der Waals surface area contributed by atoms with Gasteiger partial charge in [0.25, 0.3) is 0 Å². The topological polar surface area (TPSA) is 74.3 Å². The molecule has 0 aromatic heterocycles. The number of nitriles is 1. The highest BCUT2D eigenvalue weighted by Gasteiger charge is 2.18. The van der Waals surface area contributed by atoms with E-state index in [4.69, 9.17) is 15.7 Å². The van der Waals surface area contributed by atoms with Crippen LogP contribution in [0.5, 0.6) is 0 Å². The van der Waals surface area contributed by atoms with E-state index in [0.29, 0.717) is 11.3 Å². The normalized spacial score (nSPS) is 19.9. The van der Waals surface area contributed by atoms with Crippen molar-refractivity contribution in [3.63, 3.8) is 0 Å². The molecule has 3 N–H and O–H groups in total. The van der Waals surface area contributed by atoms with Crippen molar-refractivity contribution in [2.24, 2.45) is 0 Å². The molecule has 2 rings (SSSR count). The van der Waals surface area contributed by atoms with Crippen molar-refractivity contribution in [2.45, 2.75) is 13.0 Å². The summed E-state index contributed by atoms with van der Waals surface area (Å²) in [5, 5.41) is 12.1. The minimum Gasteiger partial charge on any atom is -0.398 e. The standard InChI is InChI=1S/C14H20N4O/c1-2-18-5-6-19-13(10-18)9-17-12-4-3-11(8-15)14(16)7-12/h3-4,7,13,17H,2,5-6,9-10,16H2,1H3. The molecule has 1 unspecified atom stereocenters. The summed E-state index contributed by atoms with van der Waals surface area (Å²) in [6.45, 7) is 6.73. The van der Waals surface area contributed by atoms with E-state index >= 15 is 0 Å². The van der Waals surface area contributed by atoms with Crippen LogP contribution in [0, 0.1) is 11.3 Å². The fraction of sp³-hybridized carbons (Fsp3) is 0.500. The van der Waals surface area contributed by atoms with Crippen molar-refractivity contribution in [3.8, 4) is 6.07 Å². The van der Waals surface area contributed by atoms with Crippen LogP contribution in [0.3, 0.4) is 0 Å². The number of hydrogen-bond acceptors (Lipinski definition) is 5. The molecule has 1 aromatic rings. The summed E-state index contributed by atoms with van der Waals surface area (Å²) in [5.41, 5.74) is 7.72. The summed E-state index contributed by atoms with van der Waals surface area (Å²) in [6, 6.07) is 7.45. The molecule has 1 heterocycles. The minimum atomic E-state index is 0.200. The van der Waals surface area contributed by atoms with E-state index in [1.165, 1.54) is 0 Å². The summed E-state index contributed by atoms with van der Waals surface area (Å²) in [5.74, 6) is 0. The van der Waals surface area contributed by atoms with E-state index < -0.39 is 0 Å². The predicted octanol–water partition coefficient (Wildman–Crippen LogP) is 1.27. The highest BCUT2D eigenvalue weighted by Crippen LogP contribution is 2.17.